The molecule has 0 aliphatic carbocycles. The standard InChI is InChI=1S/C18H21F2N5O3S2/c19-13-2-1-11(5-14(13)20)7-25-3-4-28-12(8-25)6-22-16(26)10-30-18-23-15(9-29-18)17(27)24-21/h1-2,5,9,12H,3-4,6-8,10,21H2,(H,22,26)(H,24,27). The average Bonchev–Trinajstić information content (AvgIpc) is 3.22. The molecule has 1 unspecified atom stereocenters. The van der Waals surface area contributed by atoms with Crippen LogP contribution in [0, 0.1) is 11.6 Å². The van der Waals surface area contributed by atoms with E-state index in [1.807, 2.05) is 5.43 Å². The molecule has 0 spiro atoms. The van der Waals surface area contributed by atoms with Crippen molar-refractivity contribution in [2.24, 2.45) is 5.84 Å². The van der Waals surface area contributed by atoms with E-state index in [1.165, 1.54) is 29.2 Å². The Hall–Kier alpha value is -2.12. The van der Waals surface area contributed by atoms with Crippen molar-refractivity contribution >= 4 is 34.9 Å². The second kappa shape index (κ2) is 10.8. The van der Waals surface area contributed by atoms with Crippen LogP contribution in [0.5, 0.6) is 0 Å². The van der Waals surface area contributed by atoms with Gasteiger partial charge >= 0.3 is 0 Å². The number of amides is 2. The lowest BCUT2D eigenvalue weighted by molar-refractivity contribution is -0.119. The van der Waals surface area contributed by atoms with Crippen molar-refractivity contribution in [3.8, 4) is 0 Å². The normalized spacial score (nSPS) is 17.0. The smallest absolute Gasteiger partial charge is 0.284 e. The summed E-state index contributed by atoms with van der Waals surface area (Å²) < 4.78 is 32.7. The first-order valence-electron chi connectivity index (χ1n) is 9.08. The predicted octanol–water partition coefficient (Wildman–Crippen LogP) is 1.13. The molecule has 4 N–H and O–H groups in total. The molecule has 162 valence electrons. The van der Waals surface area contributed by atoms with E-state index >= 15 is 0 Å². The number of carbonyl (C=O) groups is 2. The van der Waals surface area contributed by atoms with Crippen LogP contribution in [0.3, 0.4) is 0 Å². The van der Waals surface area contributed by atoms with E-state index in [9.17, 15) is 18.4 Å². The third kappa shape index (κ3) is 6.44. The van der Waals surface area contributed by atoms with Gasteiger partial charge in [0.15, 0.2) is 16.0 Å². The van der Waals surface area contributed by atoms with Crippen LogP contribution >= 0.6 is 23.1 Å². The Bertz CT molecular complexity index is 898. The van der Waals surface area contributed by atoms with Gasteiger partial charge in [-0.1, -0.05) is 17.8 Å². The Morgan fingerprint density at radius 1 is 1.37 bits per heavy atom. The zero-order valence-corrected chi connectivity index (χ0v) is 17.5. The van der Waals surface area contributed by atoms with Crippen LogP contribution in [0.15, 0.2) is 27.9 Å². The maximum Gasteiger partial charge on any atom is 0.284 e. The summed E-state index contributed by atoms with van der Waals surface area (Å²) in [6.07, 6.45) is -0.197. The summed E-state index contributed by atoms with van der Waals surface area (Å²) in [6.45, 7) is 2.54. The van der Waals surface area contributed by atoms with E-state index in [4.69, 9.17) is 10.6 Å². The number of morpholine rings is 1. The number of hydrogen-bond acceptors (Lipinski definition) is 8. The van der Waals surface area contributed by atoms with Gasteiger partial charge in [-0.15, -0.1) is 11.3 Å². The molecule has 1 saturated heterocycles. The van der Waals surface area contributed by atoms with E-state index in [0.29, 0.717) is 42.7 Å². The van der Waals surface area contributed by atoms with E-state index in [-0.39, 0.29) is 23.5 Å². The minimum absolute atomic E-state index is 0.155. The summed E-state index contributed by atoms with van der Waals surface area (Å²) in [7, 11) is 0. The van der Waals surface area contributed by atoms with E-state index in [2.05, 4.69) is 15.2 Å². The first kappa shape index (κ1) is 22.6. The molecular formula is C18H21F2N5O3S2. The summed E-state index contributed by atoms with van der Waals surface area (Å²) >= 11 is 2.48. The van der Waals surface area contributed by atoms with Gasteiger partial charge in [-0.05, 0) is 17.7 Å². The lowest BCUT2D eigenvalue weighted by atomic mass is 10.1. The van der Waals surface area contributed by atoms with Gasteiger partial charge in [0.2, 0.25) is 5.91 Å². The molecule has 12 heteroatoms. The van der Waals surface area contributed by atoms with Crippen LogP contribution in [0.2, 0.25) is 0 Å². The summed E-state index contributed by atoms with van der Waals surface area (Å²) in [5.41, 5.74) is 2.90. The molecule has 1 atom stereocenters. The number of nitrogens with one attached hydrogen (secondary N) is 2. The van der Waals surface area contributed by atoms with Crippen molar-refractivity contribution in [2.45, 2.75) is 17.0 Å². The molecule has 1 aromatic heterocycles. The average molecular weight is 458 g/mol. The third-order valence-electron chi connectivity index (χ3n) is 4.31. The van der Waals surface area contributed by atoms with Crippen molar-refractivity contribution in [3.05, 3.63) is 46.5 Å². The summed E-state index contributed by atoms with van der Waals surface area (Å²) in [4.78, 5) is 29.6. The van der Waals surface area contributed by atoms with Gasteiger partial charge in [-0.25, -0.2) is 19.6 Å². The Balaban J connectivity index is 1.40. The highest BCUT2D eigenvalue weighted by atomic mass is 32.2. The molecule has 0 saturated carbocycles. The number of rotatable bonds is 8. The van der Waals surface area contributed by atoms with E-state index < -0.39 is 17.5 Å². The van der Waals surface area contributed by atoms with Gasteiger partial charge < -0.3 is 10.1 Å². The molecule has 30 heavy (non-hydrogen) atoms. The number of aromatic nitrogens is 1. The summed E-state index contributed by atoms with van der Waals surface area (Å²) in [5.74, 6) is 2.83. The number of thiazole rings is 1. The largest absolute Gasteiger partial charge is 0.374 e. The van der Waals surface area contributed by atoms with Gasteiger partial charge in [-0.3, -0.25) is 19.9 Å². The Kier molecular flexibility index (Phi) is 8.10. The second-order valence-corrected chi connectivity index (χ2v) is 8.62. The van der Waals surface area contributed by atoms with Gasteiger partial charge in [0.1, 0.15) is 5.69 Å². The molecule has 2 aromatic rings. The monoisotopic (exact) mass is 457 g/mol. The van der Waals surface area contributed by atoms with Crippen molar-refractivity contribution in [3.63, 3.8) is 0 Å². The number of hydrogen-bond donors (Lipinski definition) is 3. The molecule has 2 amide bonds. The molecule has 1 aliphatic heterocycles. The van der Waals surface area contributed by atoms with Gasteiger partial charge in [0.05, 0.1) is 18.5 Å². The lowest BCUT2D eigenvalue weighted by Gasteiger charge is -2.33. The maximum atomic E-state index is 13.4. The number of nitrogens with two attached hydrogens (primary N) is 1. The molecule has 0 bridgehead atoms. The van der Waals surface area contributed by atoms with Crippen molar-refractivity contribution in [1.29, 1.82) is 0 Å². The van der Waals surface area contributed by atoms with E-state index in [0.717, 1.165) is 6.07 Å². The third-order valence-corrected chi connectivity index (χ3v) is 6.33. The van der Waals surface area contributed by atoms with Crippen molar-refractivity contribution in [2.75, 3.05) is 32.0 Å². The molecule has 8 nitrogen and oxygen atoms in total. The zero-order chi connectivity index (χ0) is 21.5. The van der Waals surface area contributed by atoms with Crippen molar-refractivity contribution in [1.82, 2.24) is 20.6 Å². The highest BCUT2D eigenvalue weighted by Crippen LogP contribution is 2.22. The Morgan fingerprint density at radius 3 is 2.97 bits per heavy atom. The number of benzene rings is 1. The minimum atomic E-state index is -0.865. The predicted molar refractivity (Wildman–Crippen MR) is 109 cm³/mol. The SMILES string of the molecule is NNC(=O)c1csc(SCC(=O)NCC2CN(Cc3ccc(F)c(F)c3)CCO2)n1. The number of ether oxygens (including phenoxy) is 1. The number of halogens is 2. The van der Waals surface area contributed by atoms with Gasteiger partial charge in [0.25, 0.3) is 5.91 Å². The van der Waals surface area contributed by atoms with Crippen LogP contribution in [0.4, 0.5) is 8.78 Å². The first-order chi connectivity index (χ1) is 14.4. The zero-order valence-electron chi connectivity index (χ0n) is 15.9. The van der Waals surface area contributed by atoms with Gasteiger partial charge in [0, 0.05) is 31.6 Å². The molecule has 0 radical (unpaired) electrons. The molecule has 2 heterocycles. The highest BCUT2D eigenvalue weighted by molar-refractivity contribution is 8.01. The number of hydrazine groups is 1. The molecule has 1 aromatic carbocycles. The Morgan fingerprint density at radius 2 is 2.20 bits per heavy atom. The van der Waals surface area contributed by atoms with Crippen LogP contribution in [-0.4, -0.2) is 59.8 Å². The lowest BCUT2D eigenvalue weighted by Crippen LogP contribution is -2.47. The fraction of sp³-hybridized carbons (Fsp3) is 0.389. The molecule has 1 aliphatic rings. The second-order valence-electron chi connectivity index (χ2n) is 6.54. The fourth-order valence-electron chi connectivity index (χ4n) is 2.85. The van der Waals surface area contributed by atoms with Crippen molar-refractivity contribution < 1.29 is 23.1 Å². The van der Waals surface area contributed by atoms with Crippen LogP contribution in [-0.2, 0) is 16.1 Å². The Labute approximate surface area is 180 Å². The fourth-order valence-corrected chi connectivity index (χ4v) is 4.49. The molecule has 3 rings (SSSR count). The first-order valence-corrected chi connectivity index (χ1v) is 10.9. The number of nitrogens with zero attached hydrogens (tertiary/aromatic N) is 2. The summed E-state index contributed by atoms with van der Waals surface area (Å²) in [6, 6.07) is 3.87. The highest BCUT2D eigenvalue weighted by Gasteiger charge is 2.21. The van der Waals surface area contributed by atoms with Crippen LogP contribution in [0.1, 0.15) is 16.1 Å². The number of thioether (sulfide) groups is 1. The van der Waals surface area contributed by atoms with E-state index in [1.54, 1.807) is 11.4 Å². The number of carbonyl (C=O) groups excluding carboxylic acids is 2. The maximum absolute atomic E-state index is 13.4. The molecule has 1 fully saturated rings. The number of nitrogen functional groups attached to an aromatic ring is 1. The van der Waals surface area contributed by atoms with Gasteiger partial charge in [-0.2, -0.15) is 0 Å². The quantitative estimate of drug-likeness (QED) is 0.236. The molecular weight excluding hydrogens is 436 g/mol. The minimum Gasteiger partial charge on any atom is -0.374 e. The topological polar surface area (TPSA) is 110 Å². The van der Waals surface area contributed by atoms with Crippen LogP contribution < -0.4 is 16.6 Å². The summed E-state index contributed by atoms with van der Waals surface area (Å²) in [5, 5.41) is 4.39. The van der Waals surface area contributed by atoms with Crippen LogP contribution in [0.25, 0.3) is 0 Å².